The van der Waals surface area contributed by atoms with E-state index in [9.17, 15) is 4.79 Å². The van der Waals surface area contributed by atoms with Crippen molar-refractivity contribution >= 4 is 29.9 Å². The van der Waals surface area contributed by atoms with Crippen LogP contribution in [0.15, 0.2) is 9.79 Å². The van der Waals surface area contributed by atoms with E-state index in [1.807, 2.05) is 4.57 Å². The highest BCUT2D eigenvalue weighted by Crippen LogP contribution is 2.19. The number of nitrogens with zero attached hydrogens (tertiary/aromatic N) is 4. The predicted octanol–water partition coefficient (Wildman–Crippen LogP) is 2.29. The molecule has 1 saturated carbocycles. The fourth-order valence-corrected chi connectivity index (χ4v) is 4.05. The smallest absolute Gasteiger partial charge is 0.345 e. The Kier molecular flexibility index (Phi) is 11.0. The minimum absolute atomic E-state index is 0. The van der Waals surface area contributed by atoms with Gasteiger partial charge in [0.05, 0.1) is 12.7 Å². The monoisotopic (exact) mass is 520 g/mol. The van der Waals surface area contributed by atoms with E-state index in [1.165, 1.54) is 38.5 Å². The van der Waals surface area contributed by atoms with Crippen molar-refractivity contribution in [2.75, 3.05) is 26.7 Å². The summed E-state index contributed by atoms with van der Waals surface area (Å²) < 4.78 is 9.44. The SMILES string of the molecule is CN=C(NCCCn1nc2n(c1=O)CCCC2)NCCOC1CCCCCC1.I. The molecule has 9 heteroatoms. The molecule has 2 aliphatic rings. The van der Waals surface area contributed by atoms with Gasteiger partial charge in [-0.15, -0.1) is 24.0 Å². The molecule has 0 bridgehead atoms. The Morgan fingerprint density at radius 3 is 2.62 bits per heavy atom. The molecule has 166 valence electrons. The van der Waals surface area contributed by atoms with Crippen LogP contribution in [0.3, 0.4) is 0 Å². The molecular formula is C20H37IN6O2. The van der Waals surface area contributed by atoms with Gasteiger partial charge in [-0.3, -0.25) is 9.56 Å². The van der Waals surface area contributed by atoms with Gasteiger partial charge in [-0.05, 0) is 32.1 Å². The number of aromatic nitrogens is 3. The van der Waals surface area contributed by atoms with E-state index in [1.54, 1.807) is 11.7 Å². The van der Waals surface area contributed by atoms with Gasteiger partial charge >= 0.3 is 5.69 Å². The molecule has 2 heterocycles. The lowest BCUT2D eigenvalue weighted by molar-refractivity contribution is 0.0468. The standard InChI is InChI=1S/C20H36N6O2.HI/c1-21-19(23-13-16-28-17-9-4-2-3-5-10-17)22-12-8-15-26-20(27)25-14-7-6-11-18(25)24-26;/h17H,2-16H2,1H3,(H2,21,22,23);1H. The third-order valence-corrected chi connectivity index (χ3v) is 5.64. The molecule has 0 atom stereocenters. The number of aryl methyl sites for hydroxylation is 2. The van der Waals surface area contributed by atoms with Crippen LogP contribution < -0.4 is 16.3 Å². The van der Waals surface area contributed by atoms with E-state index >= 15 is 0 Å². The van der Waals surface area contributed by atoms with Crippen molar-refractivity contribution in [1.82, 2.24) is 25.0 Å². The summed E-state index contributed by atoms with van der Waals surface area (Å²) in [6, 6.07) is 0. The van der Waals surface area contributed by atoms with Gasteiger partial charge < -0.3 is 15.4 Å². The van der Waals surface area contributed by atoms with Gasteiger partial charge in [-0.1, -0.05) is 25.7 Å². The minimum Gasteiger partial charge on any atom is -0.376 e. The van der Waals surface area contributed by atoms with Crippen molar-refractivity contribution in [3.05, 3.63) is 16.3 Å². The summed E-state index contributed by atoms with van der Waals surface area (Å²) in [4.78, 5) is 16.6. The number of hydrogen-bond donors (Lipinski definition) is 2. The molecule has 8 nitrogen and oxygen atoms in total. The summed E-state index contributed by atoms with van der Waals surface area (Å²) in [5.41, 5.74) is 0.0351. The molecule has 0 radical (unpaired) electrons. The van der Waals surface area contributed by atoms with E-state index in [0.717, 1.165) is 57.1 Å². The maximum absolute atomic E-state index is 12.3. The fraction of sp³-hybridized carbons (Fsp3) is 0.850. The summed E-state index contributed by atoms with van der Waals surface area (Å²) in [5, 5.41) is 11.1. The fourth-order valence-electron chi connectivity index (χ4n) is 4.05. The van der Waals surface area contributed by atoms with E-state index in [2.05, 4.69) is 20.7 Å². The topological polar surface area (TPSA) is 85.5 Å². The van der Waals surface area contributed by atoms with Crippen molar-refractivity contribution in [1.29, 1.82) is 0 Å². The van der Waals surface area contributed by atoms with Crippen molar-refractivity contribution in [2.24, 2.45) is 4.99 Å². The lowest BCUT2D eigenvalue weighted by Gasteiger charge is -2.16. The highest BCUT2D eigenvalue weighted by molar-refractivity contribution is 14.0. The Hall–Kier alpha value is -1.10. The highest BCUT2D eigenvalue weighted by atomic mass is 127. The average molecular weight is 520 g/mol. The lowest BCUT2D eigenvalue weighted by Crippen LogP contribution is -2.40. The zero-order valence-corrected chi connectivity index (χ0v) is 20.0. The maximum Gasteiger partial charge on any atom is 0.345 e. The largest absolute Gasteiger partial charge is 0.376 e. The molecule has 0 aromatic carbocycles. The van der Waals surface area contributed by atoms with Gasteiger partial charge in [0, 0.05) is 39.6 Å². The van der Waals surface area contributed by atoms with E-state index < -0.39 is 0 Å². The summed E-state index contributed by atoms with van der Waals surface area (Å²) in [6.45, 7) is 3.65. The Balaban J connectivity index is 0.00000300. The van der Waals surface area contributed by atoms with Crippen LogP contribution in [-0.4, -0.2) is 53.2 Å². The summed E-state index contributed by atoms with van der Waals surface area (Å²) in [7, 11) is 1.77. The number of halogens is 1. The lowest BCUT2D eigenvalue weighted by atomic mass is 10.1. The second-order valence-corrected chi connectivity index (χ2v) is 7.79. The second-order valence-electron chi connectivity index (χ2n) is 7.79. The van der Waals surface area contributed by atoms with Crippen molar-refractivity contribution in [2.45, 2.75) is 83.4 Å². The minimum atomic E-state index is 0. The van der Waals surface area contributed by atoms with Crippen molar-refractivity contribution in [3.8, 4) is 0 Å². The van der Waals surface area contributed by atoms with Gasteiger partial charge in [-0.25, -0.2) is 9.48 Å². The molecule has 2 N–H and O–H groups in total. The molecule has 1 aromatic rings. The molecule has 0 unspecified atom stereocenters. The number of aliphatic imine (C=N–C) groups is 1. The molecule has 0 amide bonds. The number of guanidine groups is 1. The van der Waals surface area contributed by atoms with Crippen LogP contribution in [-0.2, 0) is 24.2 Å². The Morgan fingerprint density at radius 1 is 1.14 bits per heavy atom. The first kappa shape index (κ1) is 24.2. The van der Waals surface area contributed by atoms with Gasteiger partial charge in [0.15, 0.2) is 5.96 Å². The van der Waals surface area contributed by atoms with E-state index in [0.29, 0.717) is 19.3 Å². The van der Waals surface area contributed by atoms with Gasteiger partial charge in [-0.2, -0.15) is 5.10 Å². The van der Waals surface area contributed by atoms with Crippen LogP contribution in [0.5, 0.6) is 0 Å². The summed E-state index contributed by atoms with van der Waals surface area (Å²) in [6.07, 6.45) is 12.1. The quantitative estimate of drug-likeness (QED) is 0.181. The maximum atomic E-state index is 12.3. The van der Waals surface area contributed by atoms with Gasteiger partial charge in [0.1, 0.15) is 5.82 Å². The predicted molar refractivity (Wildman–Crippen MR) is 126 cm³/mol. The third-order valence-electron chi connectivity index (χ3n) is 5.64. The number of nitrogens with one attached hydrogen (secondary N) is 2. The number of ether oxygens (including phenoxy) is 1. The normalized spacial score (nSPS) is 17.9. The second kappa shape index (κ2) is 13.3. The molecule has 3 rings (SSSR count). The van der Waals surface area contributed by atoms with E-state index in [4.69, 9.17) is 4.74 Å². The first-order valence-electron chi connectivity index (χ1n) is 11.0. The van der Waals surface area contributed by atoms with Crippen molar-refractivity contribution in [3.63, 3.8) is 0 Å². The van der Waals surface area contributed by atoms with Crippen molar-refractivity contribution < 1.29 is 4.74 Å². The average Bonchev–Trinajstić information content (AvgIpc) is 2.88. The number of fused-ring (bicyclic) bond motifs is 1. The van der Waals surface area contributed by atoms with Crippen LogP contribution in [0.1, 0.15) is 63.6 Å². The highest BCUT2D eigenvalue weighted by Gasteiger charge is 2.16. The zero-order chi connectivity index (χ0) is 19.6. The van der Waals surface area contributed by atoms with Crippen LogP contribution in [0.4, 0.5) is 0 Å². The molecule has 29 heavy (non-hydrogen) atoms. The molecule has 0 spiro atoms. The third kappa shape index (κ3) is 7.58. The molecule has 1 aromatic heterocycles. The first-order valence-corrected chi connectivity index (χ1v) is 11.0. The van der Waals surface area contributed by atoms with Gasteiger partial charge in [0.25, 0.3) is 0 Å². The summed E-state index contributed by atoms with van der Waals surface area (Å²) in [5.74, 6) is 1.72. The van der Waals surface area contributed by atoms with E-state index in [-0.39, 0.29) is 29.7 Å². The Morgan fingerprint density at radius 2 is 1.90 bits per heavy atom. The first-order chi connectivity index (χ1) is 13.8. The zero-order valence-electron chi connectivity index (χ0n) is 17.7. The molecule has 1 fully saturated rings. The Labute approximate surface area is 190 Å². The van der Waals surface area contributed by atoms with Crippen LogP contribution in [0.25, 0.3) is 0 Å². The molecular weight excluding hydrogens is 483 g/mol. The van der Waals surface area contributed by atoms with Crippen LogP contribution in [0, 0.1) is 0 Å². The molecule has 1 aliphatic carbocycles. The van der Waals surface area contributed by atoms with Crippen LogP contribution in [0.2, 0.25) is 0 Å². The Bertz CT molecular complexity index is 679. The molecule has 1 aliphatic heterocycles. The van der Waals surface area contributed by atoms with Gasteiger partial charge in [0.2, 0.25) is 0 Å². The number of rotatable bonds is 8. The number of hydrogen-bond acceptors (Lipinski definition) is 4. The van der Waals surface area contributed by atoms with Crippen LogP contribution >= 0.6 is 24.0 Å². The molecule has 0 saturated heterocycles. The summed E-state index contributed by atoms with van der Waals surface area (Å²) >= 11 is 0.